The number of ether oxygens (including phenoxy) is 1. The summed E-state index contributed by atoms with van der Waals surface area (Å²) in [6, 6.07) is 0.270. The van der Waals surface area contributed by atoms with Gasteiger partial charge in [0.2, 0.25) is 0 Å². The molecule has 0 saturated carbocycles. The first-order chi connectivity index (χ1) is 4.54. The van der Waals surface area contributed by atoms with Gasteiger partial charge < -0.3 is 10.5 Å². The van der Waals surface area contributed by atoms with Crippen LogP contribution in [0.1, 0.15) is 33.1 Å². The number of nitrogens with two attached hydrogens (primary N) is 1. The lowest BCUT2D eigenvalue weighted by molar-refractivity contribution is -0.0299. The monoisotopic (exact) mass is 177 g/mol. The summed E-state index contributed by atoms with van der Waals surface area (Å²) in [4.78, 5) is 0. The molecule has 0 unspecified atom stereocenters. The molecule has 0 spiro atoms. The Morgan fingerprint density at radius 1 is 1.36 bits per heavy atom. The molecular weight excluding hydrogens is 162 g/mol. The van der Waals surface area contributed by atoms with Crippen molar-refractivity contribution in [2.24, 2.45) is 5.73 Å². The van der Waals surface area contributed by atoms with E-state index in [-0.39, 0.29) is 29.7 Å². The van der Waals surface area contributed by atoms with Crippen LogP contribution >= 0.6 is 12.4 Å². The molecule has 0 aromatic carbocycles. The quantitative estimate of drug-likeness (QED) is 0.608. The van der Waals surface area contributed by atoms with Gasteiger partial charge in [-0.3, -0.25) is 0 Å². The Morgan fingerprint density at radius 2 is 2.00 bits per heavy atom. The largest absolute Gasteiger partial charge is 0.367 e. The van der Waals surface area contributed by atoms with E-state index < -0.39 is 0 Å². The Kier molecular flexibility index (Phi) is 1.98. The molecule has 2 heterocycles. The lowest BCUT2D eigenvalue weighted by Crippen LogP contribution is -2.42. The minimum absolute atomic E-state index is 0. The zero-order valence-electron chi connectivity index (χ0n) is 7.09. The van der Waals surface area contributed by atoms with E-state index in [4.69, 9.17) is 10.5 Å². The van der Waals surface area contributed by atoms with Gasteiger partial charge in [0.05, 0.1) is 11.2 Å². The molecule has 11 heavy (non-hydrogen) atoms. The Hall–Kier alpha value is 0.210. The van der Waals surface area contributed by atoms with E-state index in [1.165, 1.54) is 6.42 Å². The first-order valence-corrected chi connectivity index (χ1v) is 4.00. The van der Waals surface area contributed by atoms with Crippen molar-refractivity contribution in [2.45, 2.75) is 50.4 Å². The van der Waals surface area contributed by atoms with Crippen LogP contribution in [0.15, 0.2) is 0 Å². The third kappa shape index (κ3) is 1.17. The molecule has 2 N–H and O–H groups in total. The van der Waals surface area contributed by atoms with Crippen molar-refractivity contribution in [2.75, 3.05) is 0 Å². The summed E-state index contributed by atoms with van der Waals surface area (Å²) in [7, 11) is 0. The van der Waals surface area contributed by atoms with Gasteiger partial charge in [-0.15, -0.1) is 12.4 Å². The molecule has 2 nitrogen and oxygen atoms in total. The number of halogens is 1. The fraction of sp³-hybridized carbons (Fsp3) is 1.00. The maximum atomic E-state index is 5.91. The normalized spacial score (nSPS) is 54.3. The van der Waals surface area contributed by atoms with E-state index in [1.807, 2.05) is 0 Å². The Labute approximate surface area is 73.9 Å². The summed E-state index contributed by atoms with van der Waals surface area (Å²) >= 11 is 0. The van der Waals surface area contributed by atoms with E-state index in [0.717, 1.165) is 12.8 Å². The van der Waals surface area contributed by atoms with Gasteiger partial charge in [0.15, 0.2) is 0 Å². The molecule has 2 rings (SSSR count). The highest BCUT2D eigenvalue weighted by Crippen LogP contribution is 2.49. The highest BCUT2D eigenvalue weighted by Gasteiger charge is 2.55. The summed E-state index contributed by atoms with van der Waals surface area (Å²) in [5, 5.41) is 0. The summed E-state index contributed by atoms with van der Waals surface area (Å²) in [5.74, 6) is 0. The maximum Gasteiger partial charge on any atom is 0.0814 e. The molecule has 0 amide bonds. The van der Waals surface area contributed by atoms with Crippen LogP contribution in [0.3, 0.4) is 0 Å². The van der Waals surface area contributed by atoms with Gasteiger partial charge in [0.1, 0.15) is 0 Å². The standard InChI is InChI=1S/C8H15NO.ClH/c1-7-3-4-8(2,10-7)6(9)5-7;/h6H,3-5,9H2,1-2H3;1H/t6-,7+,8-;/m0./s1. The molecule has 0 aliphatic carbocycles. The molecule has 66 valence electrons. The molecule has 2 fully saturated rings. The Morgan fingerprint density at radius 3 is 2.18 bits per heavy atom. The molecular formula is C8H16ClNO. The number of rotatable bonds is 0. The van der Waals surface area contributed by atoms with Crippen LogP contribution in [0, 0.1) is 0 Å². The molecule has 3 heteroatoms. The van der Waals surface area contributed by atoms with Gasteiger partial charge in [-0.1, -0.05) is 0 Å². The SMILES string of the molecule is C[C@]12CC[C@](C)(O1)[C@@H](N)C2.Cl. The molecule has 0 radical (unpaired) electrons. The third-order valence-corrected chi connectivity index (χ3v) is 3.07. The highest BCUT2D eigenvalue weighted by atomic mass is 35.5. The molecule has 0 aromatic heterocycles. The van der Waals surface area contributed by atoms with Crippen molar-refractivity contribution >= 4 is 12.4 Å². The number of hydrogen-bond acceptors (Lipinski definition) is 2. The van der Waals surface area contributed by atoms with E-state index in [9.17, 15) is 0 Å². The van der Waals surface area contributed by atoms with Gasteiger partial charge in [0, 0.05) is 6.04 Å². The molecule has 2 aliphatic rings. The fourth-order valence-corrected chi connectivity index (χ4v) is 2.26. The lowest BCUT2D eigenvalue weighted by Gasteiger charge is -2.25. The van der Waals surface area contributed by atoms with Crippen molar-refractivity contribution in [3.8, 4) is 0 Å². The van der Waals surface area contributed by atoms with Gasteiger partial charge in [-0.05, 0) is 33.1 Å². The first-order valence-electron chi connectivity index (χ1n) is 4.00. The lowest BCUT2D eigenvalue weighted by atomic mass is 9.81. The highest BCUT2D eigenvalue weighted by molar-refractivity contribution is 5.85. The summed E-state index contributed by atoms with van der Waals surface area (Å²) in [5.41, 5.74) is 6.04. The molecule has 2 aliphatic heterocycles. The van der Waals surface area contributed by atoms with Crippen LogP contribution in [0.2, 0.25) is 0 Å². The fourth-order valence-electron chi connectivity index (χ4n) is 2.26. The van der Waals surface area contributed by atoms with Crippen molar-refractivity contribution in [3.63, 3.8) is 0 Å². The minimum Gasteiger partial charge on any atom is -0.367 e. The van der Waals surface area contributed by atoms with E-state index in [0.29, 0.717) is 0 Å². The Bertz CT molecular complexity index is 175. The van der Waals surface area contributed by atoms with Gasteiger partial charge in [0.25, 0.3) is 0 Å². The summed E-state index contributed by atoms with van der Waals surface area (Å²) in [6.45, 7) is 4.31. The molecule has 3 atom stereocenters. The average molecular weight is 178 g/mol. The van der Waals surface area contributed by atoms with Crippen LogP contribution in [0.4, 0.5) is 0 Å². The summed E-state index contributed by atoms with van der Waals surface area (Å²) in [6.07, 6.45) is 3.38. The van der Waals surface area contributed by atoms with Gasteiger partial charge in [-0.25, -0.2) is 0 Å². The van der Waals surface area contributed by atoms with Crippen LogP contribution in [0.25, 0.3) is 0 Å². The molecule has 2 bridgehead atoms. The average Bonchev–Trinajstić information content (AvgIpc) is 2.17. The van der Waals surface area contributed by atoms with Crippen molar-refractivity contribution in [1.82, 2.24) is 0 Å². The van der Waals surface area contributed by atoms with Gasteiger partial charge in [-0.2, -0.15) is 0 Å². The number of fused-ring (bicyclic) bond motifs is 2. The van der Waals surface area contributed by atoms with E-state index in [2.05, 4.69) is 13.8 Å². The van der Waals surface area contributed by atoms with Crippen molar-refractivity contribution in [1.29, 1.82) is 0 Å². The van der Waals surface area contributed by atoms with Crippen LogP contribution in [-0.2, 0) is 4.74 Å². The van der Waals surface area contributed by atoms with Crippen molar-refractivity contribution in [3.05, 3.63) is 0 Å². The van der Waals surface area contributed by atoms with Crippen LogP contribution in [0.5, 0.6) is 0 Å². The third-order valence-electron chi connectivity index (χ3n) is 3.07. The van der Waals surface area contributed by atoms with Crippen molar-refractivity contribution < 1.29 is 4.74 Å². The maximum absolute atomic E-state index is 5.91. The molecule has 2 saturated heterocycles. The second kappa shape index (κ2) is 2.35. The smallest absolute Gasteiger partial charge is 0.0814 e. The van der Waals surface area contributed by atoms with Crippen LogP contribution < -0.4 is 5.73 Å². The zero-order chi connectivity index (χ0) is 7.41. The topological polar surface area (TPSA) is 35.2 Å². The predicted octanol–water partition coefficient (Wildman–Crippen LogP) is 1.47. The minimum atomic E-state index is 0. The zero-order valence-corrected chi connectivity index (χ0v) is 7.91. The van der Waals surface area contributed by atoms with E-state index >= 15 is 0 Å². The number of hydrogen-bond donors (Lipinski definition) is 1. The predicted molar refractivity (Wildman–Crippen MR) is 47.0 cm³/mol. The van der Waals surface area contributed by atoms with E-state index in [1.54, 1.807) is 0 Å². The second-order valence-corrected chi connectivity index (χ2v) is 4.18. The Balaban J connectivity index is 0.000000605. The van der Waals surface area contributed by atoms with Gasteiger partial charge >= 0.3 is 0 Å². The van der Waals surface area contributed by atoms with Crippen LogP contribution in [-0.4, -0.2) is 17.2 Å². The summed E-state index contributed by atoms with van der Waals surface area (Å²) < 4.78 is 5.83. The second-order valence-electron chi connectivity index (χ2n) is 4.18. The first kappa shape index (κ1) is 9.30. The molecule has 0 aromatic rings.